The molecule has 0 saturated heterocycles. The first-order valence-corrected chi connectivity index (χ1v) is 4.47. The first-order chi connectivity index (χ1) is 6.26. The maximum Gasteiger partial charge on any atom is 0.0384 e. The zero-order chi connectivity index (χ0) is 9.68. The van der Waals surface area contributed by atoms with Crippen LogP contribution in [0.1, 0.15) is 6.42 Å². The van der Waals surface area contributed by atoms with Crippen molar-refractivity contribution in [2.24, 2.45) is 0 Å². The Morgan fingerprint density at radius 3 is 2.92 bits per heavy atom. The summed E-state index contributed by atoms with van der Waals surface area (Å²) in [7, 11) is 0. The molecule has 0 aromatic carbocycles. The van der Waals surface area contributed by atoms with Gasteiger partial charge in [-0.1, -0.05) is 12.2 Å². The highest BCUT2D eigenvalue weighted by Crippen LogP contribution is 2.11. The molecule has 1 aliphatic rings. The van der Waals surface area contributed by atoms with Crippen molar-refractivity contribution in [1.29, 1.82) is 0 Å². The molecule has 0 radical (unpaired) electrons. The number of nitrogens with zero attached hydrogens (tertiary/aromatic N) is 2. The van der Waals surface area contributed by atoms with Gasteiger partial charge in [0, 0.05) is 31.1 Å². The van der Waals surface area contributed by atoms with E-state index in [2.05, 4.69) is 18.7 Å². The van der Waals surface area contributed by atoms with Gasteiger partial charge in [-0.2, -0.15) is 5.53 Å². The third-order valence-electron chi connectivity index (χ3n) is 1.68. The molecule has 1 rings (SSSR count). The summed E-state index contributed by atoms with van der Waals surface area (Å²) in [5.74, 6) is 0. The lowest BCUT2D eigenvalue weighted by Gasteiger charge is -2.31. The summed E-state index contributed by atoms with van der Waals surface area (Å²) in [6, 6.07) is 0. The van der Waals surface area contributed by atoms with E-state index in [0.29, 0.717) is 0 Å². The Balaban J connectivity index is 2.55. The maximum atomic E-state index is 5.81. The summed E-state index contributed by atoms with van der Waals surface area (Å²) >= 11 is 5.81. The third kappa shape index (κ3) is 3.22. The van der Waals surface area contributed by atoms with E-state index in [-0.39, 0.29) is 0 Å². The summed E-state index contributed by atoms with van der Waals surface area (Å²) in [6.45, 7) is 8.97. The lowest BCUT2D eigenvalue weighted by atomic mass is 10.2. The molecule has 0 unspecified atom stereocenters. The van der Waals surface area contributed by atoms with E-state index in [9.17, 15) is 0 Å². The molecule has 13 heavy (non-hydrogen) atoms. The molecule has 0 aliphatic carbocycles. The van der Waals surface area contributed by atoms with Crippen molar-refractivity contribution in [1.82, 2.24) is 15.1 Å². The number of rotatable bonds is 4. The Morgan fingerprint density at radius 1 is 1.54 bits per heavy atom. The number of hydrazine groups is 2. The van der Waals surface area contributed by atoms with Crippen molar-refractivity contribution >= 4 is 11.8 Å². The number of halogens is 1. The average Bonchev–Trinajstić information content (AvgIpc) is 2.04. The molecule has 72 valence electrons. The molecular formula is C9H14ClN3. The van der Waals surface area contributed by atoms with Crippen molar-refractivity contribution < 1.29 is 0 Å². The van der Waals surface area contributed by atoms with Gasteiger partial charge >= 0.3 is 0 Å². The molecule has 0 aromatic heterocycles. The molecule has 0 fully saturated rings. The van der Waals surface area contributed by atoms with Crippen LogP contribution in [0.5, 0.6) is 0 Å². The Kier molecular flexibility index (Phi) is 4.02. The third-order valence-corrected chi connectivity index (χ3v) is 1.86. The molecule has 1 N–H and O–H groups in total. The minimum absolute atomic E-state index is 0.762. The lowest BCUT2D eigenvalue weighted by Crippen LogP contribution is -2.47. The quantitative estimate of drug-likeness (QED) is 0.551. The van der Waals surface area contributed by atoms with Gasteiger partial charge < -0.3 is 0 Å². The van der Waals surface area contributed by atoms with Crippen molar-refractivity contribution in [3.8, 4) is 0 Å². The minimum atomic E-state index is 0.762. The van der Waals surface area contributed by atoms with Gasteiger partial charge in [0.2, 0.25) is 0 Å². The molecule has 3 nitrogen and oxygen atoms in total. The summed E-state index contributed by atoms with van der Waals surface area (Å²) < 4.78 is 1.42. The average molecular weight is 200 g/mol. The van der Waals surface area contributed by atoms with Gasteiger partial charge in [0.25, 0.3) is 0 Å². The monoisotopic (exact) mass is 199 g/mol. The van der Waals surface area contributed by atoms with Gasteiger partial charge in [0.15, 0.2) is 0 Å². The lowest BCUT2D eigenvalue weighted by molar-refractivity contribution is 0.120. The van der Waals surface area contributed by atoms with Crippen LogP contribution >= 0.6 is 11.8 Å². The van der Waals surface area contributed by atoms with E-state index < -0.39 is 0 Å². The van der Waals surface area contributed by atoms with Crippen molar-refractivity contribution in [3.63, 3.8) is 0 Å². The van der Waals surface area contributed by atoms with Gasteiger partial charge in [-0.25, -0.2) is 9.54 Å². The summed E-state index contributed by atoms with van der Waals surface area (Å²) in [6.07, 6.45) is 6.42. The molecule has 0 spiro atoms. The largest absolute Gasteiger partial charge is 0.217 e. The molecule has 1 heterocycles. The highest BCUT2D eigenvalue weighted by atomic mass is 35.5. The molecular weight excluding hydrogens is 186 g/mol. The van der Waals surface area contributed by atoms with Crippen molar-refractivity contribution in [2.45, 2.75) is 6.42 Å². The van der Waals surface area contributed by atoms with E-state index in [1.165, 1.54) is 10.1 Å². The van der Waals surface area contributed by atoms with Gasteiger partial charge in [0.05, 0.1) is 0 Å². The van der Waals surface area contributed by atoms with E-state index >= 15 is 0 Å². The standard InChI is InChI=1S/C9H14ClN3/c1-3-5-9-7-12(6-4-2)11-13(10)8-9/h3-4,8,11H,1-2,5-7H2. The molecule has 0 amide bonds. The molecule has 0 bridgehead atoms. The van der Waals surface area contributed by atoms with Crippen LogP contribution in [-0.2, 0) is 0 Å². The molecule has 4 heteroatoms. The molecule has 0 atom stereocenters. The molecule has 0 saturated carbocycles. The van der Waals surface area contributed by atoms with Crippen molar-refractivity contribution in [3.05, 3.63) is 37.1 Å². The first-order valence-electron chi connectivity index (χ1n) is 4.14. The highest BCUT2D eigenvalue weighted by Gasteiger charge is 2.13. The molecule has 1 aliphatic heterocycles. The zero-order valence-electron chi connectivity index (χ0n) is 7.54. The second kappa shape index (κ2) is 5.07. The van der Waals surface area contributed by atoms with Crippen LogP contribution in [0.2, 0.25) is 0 Å². The number of nitrogens with one attached hydrogen (secondary N) is 1. The van der Waals surface area contributed by atoms with E-state index in [1.807, 2.05) is 23.4 Å². The first kappa shape index (κ1) is 10.3. The zero-order valence-corrected chi connectivity index (χ0v) is 8.30. The van der Waals surface area contributed by atoms with Gasteiger partial charge in [-0.15, -0.1) is 13.2 Å². The predicted molar refractivity (Wildman–Crippen MR) is 55.5 cm³/mol. The fourth-order valence-corrected chi connectivity index (χ4v) is 1.45. The van der Waals surface area contributed by atoms with Crippen LogP contribution in [-0.4, -0.2) is 22.6 Å². The number of allylic oxidation sites excluding steroid dienone is 1. The molecule has 0 aromatic rings. The summed E-state index contributed by atoms with van der Waals surface area (Å²) in [5.41, 5.74) is 4.18. The SMILES string of the molecule is C=CCC1=CN(Cl)NN(CC=C)C1. The topological polar surface area (TPSA) is 18.5 Å². The normalized spacial score (nSPS) is 18.2. The smallest absolute Gasteiger partial charge is 0.0384 e. The van der Waals surface area contributed by atoms with Crippen LogP contribution in [0.3, 0.4) is 0 Å². The number of hydrogen-bond acceptors (Lipinski definition) is 3. The maximum absolute atomic E-state index is 5.81. The summed E-state index contributed by atoms with van der Waals surface area (Å²) in [4.78, 5) is 0. The summed E-state index contributed by atoms with van der Waals surface area (Å²) in [5, 5.41) is 1.97. The second-order valence-corrected chi connectivity index (χ2v) is 3.22. The van der Waals surface area contributed by atoms with Crippen LogP contribution < -0.4 is 5.53 Å². The highest BCUT2D eigenvalue weighted by molar-refractivity contribution is 6.13. The number of hydrogen-bond donors (Lipinski definition) is 1. The van der Waals surface area contributed by atoms with E-state index in [0.717, 1.165) is 19.5 Å². The van der Waals surface area contributed by atoms with Gasteiger partial charge in [-0.05, 0) is 12.0 Å². The Morgan fingerprint density at radius 2 is 2.31 bits per heavy atom. The van der Waals surface area contributed by atoms with Crippen LogP contribution in [0, 0.1) is 0 Å². The Labute approximate surface area is 84.0 Å². The van der Waals surface area contributed by atoms with E-state index in [4.69, 9.17) is 11.8 Å². The van der Waals surface area contributed by atoms with Crippen molar-refractivity contribution in [2.75, 3.05) is 13.1 Å². The van der Waals surface area contributed by atoms with E-state index in [1.54, 1.807) is 0 Å². The second-order valence-electron chi connectivity index (χ2n) is 2.86. The fourth-order valence-electron chi connectivity index (χ4n) is 1.21. The van der Waals surface area contributed by atoms with Gasteiger partial charge in [-0.3, -0.25) is 0 Å². The fraction of sp³-hybridized carbons (Fsp3) is 0.333. The predicted octanol–water partition coefficient (Wildman–Crippen LogP) is 1.82. The van der Waals surface area contributed by atoms with Crippen LogP contribution in [0.4, 0.5) is 0 Å². The Bertz CT molecular complexity index is 225. The van der Waals surface area contributed by atoms with Crippen LogP contribution in [0.15, 0.2) is 37.1 Å². The van der Waals surface area contributed by atoms with Crippen LogP contribution in [0.25, 0.3) is 0 Å². The van der Waals surface area contributed by atoms with Gasteiger partial charge in [0.1, 0.15) is 0 Å². The minimum Gasteiger partial charge on any atom is -0.217 e. The Hall–Kier alpha value is -0.770.